The van der Waals surface area contributed by atoms with E-state index >= 15 is 0 Å². The lowest BCUT2D eigenvalue weighted by molar-refractivity contribution is 0.485. The molecule has 0 aliphatic heterocycles. The van der Waals surface area contributed by atoms with Gasteiger partial charge in [-0.15, -0.1) is 11.3 Å². The van der Waals surface area contributed by atoms with Gasteiger partial charge in [0.15, 0.2) is 4.21 Å². The minimum absolute atomic E-state index is 0.137. The van der Waals surface area contributed by atoms with Crippen molar-refractivity contribution in [2.24, 2.45) is 0 Å². The van der Waals surface area contributed by atoms with Crippen LogP contribution in [-0.4, -0.2) is 13.0 Å². The van der Waals surface area contributed by atoms with Crippen LogP contribution in [0.1, 0.15) is 0 Å². The Kier molecular flexibility index (Phi) is 1.56. The molecule has 49 valence electrons. The molecule has 1 N–H and O–H groups in total. The van der Waals surface area contributed by atoms with Crippen molar-refractivity contribution in [3.8, 4) is 0 Å². The third-order valence-corrected chi connectivity index (χ3v) is 2.79. The van der Waals surface area contributed by atoms with Crippen molar-refractivity contribution in [2.75, 3.05) is 0 Å². The molecule has 1 rings (SSSR count). The first-order valence-electron chi connectivity index (χ1n) is 2.03. The predicted molar refractivity (Wildman–Crippen MR) is 33.0 cm³/mol. The normalized spacial score (nSPS) is 11.7. The molecule has 0 amide bonds. The summed E-state index contributed by atoms with van der Waals surface area (Å²) in [5.41, 5.74) is 0. The van der Waals surface area contributed by atoms with E-state index in [0.29, 0.717) is 0 Å². The van der Waals surface area contributed by atoms with Gasteiger partial charge in [-0.2, -0.15) is 8.42 Å². The molecular formula is C4H3O3S2. The fraction of sp³-hybridized carbons (Fsp3) is 0. The van der Waals surface area contributed by atoms with Crippen molar-refractivity contribution >= 4 is 21.5 Å². The fourth-order valence-corrected chi connectivity index (χ4v) is 1.63. The lowest BCUT2D eigenvalue weighted by Gasteiger charge is -1.84. The standard InChI is InChI=1S/C4H3O3S2/c5-9(6,7)4-2-1-3-8-4/h1,3H,(H,5,6,7). The molecule has 0 atom stereocenters. The first-order valence-corrected chi connectivity index (χ1v) is 4.35. The van der Waals surface area contributed by atoms with Crippen LogP contribution in [0.3, 0.4) is 0 Å². The van der Waals surface area contributed by atoms with Gasteiger partial charge in [0.1, 0.15) is 0 Å². The molecule has 1 aromatic heterocycles. The van der Waals surface area contributed by atoms with Gasteiger partial charge in [0.2, 0.25) is 0 Å². The maximum absolute atomic E-state index is 10.2. The van der Waals surface area contributed by atoms with E-state index in [1.807, 2.05) is 0 Å². The number of rotatable bonds is 1. The van der Waals surface area contributed by atoms with Gasteiger partial charge in [-0.3, -0.25) is 4.55 Å². The van der Waals surface area contributed by atoms with E-state index in [0.717, 1.165) is 11.3 Å². The van der Waals surface area contributed by atoms with Crippen LogP contribution in [0.2, 0.25) is 0 Å². The van der Waals surface area contributed by atoms with Crippen LogP contribution in [0.5, 0.6) is 0 Å². The molecule has 0 aliphatic carbocycles. The molecule has 3 nitrogen and oxygen atoms in total. The average Bonchev–Trinajstić information content (AvgIpc) is 2.08. The van der Waals surface area contributed by atoms with Crippen LogP contribution in [0.15, 0.2) is 15.7 Å². The van der Waals surface area contributed by atoms with Crippen molar-refractivity contribution in [3.05, 3.63) is 17.5 Å². The van der Waals surface area contributed by atoms with Gasteiger partial charge in [0.05, 0.1) is 0 Å². The summed E-state index contributed by atoms with van der Waals surface area (Å²) in [6, 6.07) is 3.80. The van der Waals surface area contributed by atoms with Gasteiger partial charge in [0, 0.05) is 6.07 Å². The maximum atomic E-state index is 10.2. The molecule has 1 aromatic rings. The Labute approximate surface area is 56.7 Å². The Bertz CT molecular complexity index is 271. The Hall–Kier alpha value is -0.390. The Morgan fingerprint density at radius 2 is 2.33 bits per heavy atom. The van der Waals surface area contributed by atoms with E-state index in [9.17, 15) is 8.42 Å². The first kappa shape index (κ1) is 6.73. The Morgan fingerprint density at radius 3 is 2.56 bits per heavy atom. The molecular weight excluding hydrogens is 160 g/mol. The van der Waals surface area contributed by atoms with Crippen LogP contribution in [0.4, 0.5) is 0 Å². The third kappa shape index (κ3) is 1.51. The third-order valence-electron chi connectivity index (χ3n) is 0.679. The molecule has 0 saturated carbocycles. The monoisotopic (exact) mass is 163 g/mol. The molecule has 5 heteroatoms. The van der Waals surface area contributed by atoms with Gasteiger partial charge in [-0.25, -0.2) is 0 Å². The van der Waals surface area contributed by atoms with Crippen molar-refractivity contribution in [2.45, 2.75) is 4.21 Å². The van der Waals surface area contributed by atoms with Crippen LogP contribution >= 0.6 is 11.3 Å². The lowest BCUT2D eigenvalue weighted by atomic mass is 10.7. The van der Waals surface area contributed by atoms with Crippen LogP contribution < -0.4 is 0 Å². The summed E-state index contributed by atoms with van der Waals surface area (Å²) >= 11 is 0.936. The molecule has 0 spiro atoms. The van der Waals surface area contributed by atoms with Gasteiger partial charge in [-0.05, 0) is 11.4 Å². The summed E-state index contributed by atoms with van der Waals surface area (Å²) in [4.78, 5) is 0. The van der Waals surface area contributed by atoms with E-state index < -0.39 is 10.1 Å². The highest BCUT2D eigenvalue weighted by Crippen LogP contribution is 2.13. The minimum atomic E-state index is -4.00. The number of hydrogen-bond acceptors (Lipinski definition) is 3. The van der Waals surface area contributed by atoms with Crippen molar-refractivity contribution in [1.82, 2.24) is 0 Å². The molecule has 1 radical (unpaired) electrons. The smallest absolute Gasteiger partial charge is 0.281 e. The summed E-state index contributed by atoms with van der Waals surface area (Å²) in [7, 11) is -4.00. The van der Waals surface area contributed by atoms with Gasteiger partial charge < -0.3 is 0 Å². The second-order valence-electron chi connectivity index (χ2n) is 1.33. The zero-order valence-electron chi connectivity index (χ0n) is 4.23. The SMILES string of the molecule is O=S(=O)(O)c1[c]ccs1. The molecule has 0 aliphatic rings. The largest absolute Gasteiger partial charge is 0.304 e. The van der Waals surface area contributed by atoms with E-state index in [-0.39, 0.29) is 4.21 Å². The van der Waals surface area contributed by atoms with Gasteiger partial charge >= 0.3 is 10.1 Å². The van der Waals surface area contributed by atoms with Crippen LogP contribution in [0, 0.1) is 6.07 Å². The zero-order valence-corrected chi connectivity index (χ0v) is 5.87. The highest BCUT2D eigenvalue weighted by atomic mass is 32.3. The minimum Gasteiger partial charge on any atom is -0.281 e. The number of hydrogen-bond donors (Lipinski definition) is 1. The summed E-state index contributed by atoms with van der Waals surface area (Å²) in [6.45, 7) is 0. The molecule has 0 fully saturated rings. The summed E-state index contributed by atoms with van der Waals surface area (Å²) in [6.07, 6.45) is 0. The van der Waals surface area contributed by atoms with Crippen LogP contribution in [0.25, 0.3) is 0 Å². The van der Waals surface area contributed by atoms with Crippen molar-refractivity contribution < 1.29 is 13.0 Å². The highest BCUT2D eigenvalue weighted by molar-refractivity contribution is 7.88. The topological polar surface area (TPSA) is 54.4 Å². The van der Waals surface area contributed by atoms with Crippen LogP contribution in [-0.2, 0) is 10.1 Å². The fourth-order valence-electron chi connectivity index (χ4n) is 0.367. The second kappa shape index (κ2) is 2.09. The summed E-state index contributed by atoms with van der Waals surface area (Å²) in [5, 5.41) is 1.53. The predicted octanol–water partition coefficient (Wildman–Crippen LogP) is 0.795. The van der Waals surface area contributed by atoms with Crippen molar-refractivity contribution in [3.63, 3.8) is 0 Å². The Balaban J connectivity index is 3.20. The van der Waals surface area contributed by atoms with Crippen molar-refractivity contribution in [1.29, 1.82) is 0 Å². The van der Waals surface area contributed by atoms with E-state index in [2.05, 4.69) is 6.07 Å². The quantitative estimate of drug-likeness (QED) is 0.623. The number of thiophene rings is 1. The molecule has 0 unspecified atom stereocenters. The zero-order chi connectivity index (χ0) is 6.91. The lowest BCUT2D eigenvalue weighted by Crippen LogP contribution is -1.93. The first-order chi connectivity index (χ1) is 4.11. The van der Waals surface area contributed by atoms with Gasteiger partial charge in [0.25, 0.3) is 0 Å². The molecule has 0 saturated heterocycles. The molecule has 0 aromatic carbocycles. The molecule has 0 bridgehead atoms. The summed E-state index contributed by atoms with van der Waals surface area (Å²) < 4.78 is 28.7. The van der Waals surface area contributed by atoms with E-state index in [4.69, 9.17) is 4.55 Å². The average molecular weight is 163 g/mol. The molecule has 1 heterocycles. The van der Waals surface area contributed by atoms with Gasteiger partial charge in [-0.1, -0.05) is 0 Å². The highest BCUT2D eigenvalue weighted by Gasteiger charge is 2.08. The van der Waals surface area contributed by atoms with E-state index in [1.54, 1.807) is 0 Å². The maximum Gasteiger partial charge on any atom is 0.304 e. The second-order valence-corrected chi connectivity index (χ2v) is 3.86. The Morgan fingerprint density at radius 1 is 1.67 bits per heavy atom. The molecule has 9 heavy (non-hydrogen) atoms. The summed E-state index contributed by atoms with van der Waals surface area (Å²) in [5.74, 6) is 0. The van der Waals surface area contributed by atoms with E-state index in [1.165, 1.54) is 11.4 Å².